The van der Waals surface area contributed by atoms with E-state index in [-0.39, 0.29) is 18.1 Å². The van der Waals surface area contributed by atoms with Gasteiger partial charge in [-0.3, -0.25) is 9.59 Å². The number of benzene rings is 3. The van der Waals surface area contributed by atoms with Gasteiger partial charge in [-0.25, -0.2) is 0 Å². The highest BCUT2D eigenvalue weighted by Gasteiger charge is 2.21. The molecule has 3 aromatic carbocycles. The van der Waals surface area contributed by atoms with Crippen LogP contribution in [-0.4, -0.2) is 18.2 Å². The quantitative estimate of drug-likeness (QED) is 0.380. The van der Waals surface area contributed by atoms with Crippen molar-refractivity contribution in [2.45, 2.75) is 6.92 Å². The number of amides is 1. The molecule has 4 aromatic rings. The molecule has 0 radical (unpaired) electrons. The molecule has 1 aromatic heterocycles. The summed E-state index contributed by atoms with van der Waals surface area (Å²) in [6.07, 6.45) is 0. The number of Topliss-reactive ketones (excluding diaryl/α,β-unsaturated/α-hetero) is 1. The summed E-state index contributed by atoms with van der Waals surface area (Å²) in [6, 6.07) is 21.5. The van der Waals surface area contributed by atoms with Crippen molar-refractivity contribution in [3.8, 4) is 0 Å². The monoisotopic (exact) mass is 418 g/mol. The van der Waals surface area contributed by atoms with Gasteiger partial charge in [-0.05, 0) is 61.0 Å². The average molecular weight is 419 g/mol. The third-order valence-corrected chi connectivity index (χ3v) is 4.92. The summed E-state index contributed by atoms with van der Waals surface area (Å²) in [7, 11) is 0. The first-order valence-electron chi connectivity index (χ1n) is 9.43. The topological polar surface area (TPSA) is 71.3 Å². The number of nitrogens with one attached hydrogen (secondary N) is 2. The Morgan fingerprint density at radius 1 is 0.967 bits per heavy atom. The highest BCUT2D eigenvalue weighted by Crippen LogP contribution is 2.31. The molecule has 1 heterocycles. The predicted molar refractivity (Wildman–Crippen MR) is 120 cm³/mol. The average Bonchev–Trinajstić information content (AvgIpc) is 3.11. The van der Waals surface area contributed by atoms with Crippen LogP contribution >= 0.6 is 11.6 Å². The van der Waals surface area contributed by atoms with Crippen LogP contribution in [0, 0.1) is 6.92 Å². The molecule has 0 spiro atoms. The Morgan fingerprint density at radius 3 is 2.50 bits per heavy atom. The highest BCUT2D eigenvalue weighted by molar-refractivity contribution is 6.30. The second-order valence-corrected chi connectivity index (χ2v) is 7.35. The van der Waals surface area contributed by atoms with Crippen LogP contribution in [0.3, 0.4) is 0 Å². The summed E-state index contributed by atoms with van der Waals surface area (Å²) in [5.41, 5.74) is 3.28. The van der Waals surface area contributed by atoms with Crippen molar-refractivity contribution in [3.05, 3.63) is 94.7 Å². The number of hydrogen-bond acceptors (Lipinski definition) is 4. The number of aryl methyl sites for hydroxylation is 1. The summed E-state index contributed by atoms with van der Waals surface area (Å²) >= 11 is 5.89. The van der Waals surface area contributed by atoms with E-state index in [4.69, 9.17) is 16.0 Å². The van der Waals surface area contributed by atoms with Gasteiger partial charge in [-0.15, -0.1) is 0 Å². The van der Waals surface area contributed by atoms with Gasteiger partial charge in [0.05, 0.1) is 12.2 Å². The molecule has 0 aliphatic carbocycles. The maximum absolute atomic E-state index is 12.9. The minimum Gasteiger partial charge on any atom is -0.449 e. The third-order valence-electron chi connectivity index (χ3n) is 4.67. The summed E-state index contributed by atoms with van der Waals surface area (Å²) in [4.78, 5) is 25.5. The van der Waals surface area contributed by atoms with Crippen molar-refractivity contribution in [2.24, 2.45) is 0 Å². The number of ketones is 1. The fourth-order valence-electron chi connectivity index (χ4n) is 3.20. The lowest BCUT2D eigenvalue weighted by Gasteiger charge is -2.08. The summed E-state index contributed by atoms with van der Waals surface area (Å²) in [5.74, 6) is -0.387. The maximum Gasteiger partial charge on any atom is 0.293 e. The number of halogens is 1. The van der Waals surface area contributed by atoms with E-state index in [1.54, 1.807) is 30.3 Å². The minimum atomic E-state index is -0.391. The van der Waals surface area contributed by atoms with Gasteiger partial charge in [0.1, 0.15) is 5.58 Å². The number of carbonyl (C=O) groups is 2. The third kappa shape index (κ3) is 4.21. The number of fused-ring (bicyclic) bond motifs is 1. The Labute approximate surface area is 178 Å². The molecule has 0 saturated heterocycles. The van der Waals surface area contributed by atoms with Gasteiger partial charge in [0.15, 0.2) is 5.78 Å². The molecule has 5 nitrogen and oxygen atoms in total. The van der Waals surface area contributed by atoms with Gasteiger partial charge in [-0.2, -0.15) is 0 Å². The normalized spacial score (nSPS) is 10.7. The van der Waals surface area contributed by atoms with Gasteiger partial charge in [0.25, 0.3) is 5.91 Å². The van der Waals surface area contributed by atoms with E-state index in [1.165, 1.54) is 0 Å². The molecule has 0 bridgehead atoms. The first-order chi connectivity index (χ1) is 14.5. The molecule has 2 N–H and O–H groups in total. The number of rotatable bonds is 6. The van der Waals surface area contributed by atoms with Crippen LogP contribution in [0.25, 0.3) is 11.0 Å². The molecule has 150 valence electrons. The number of anilines is 2. The van der Waals surface area contributed by atoms with Gasteiger partial charge in [0, 0.05) is 21.7 Å². The Bertz CT molecular complexity index is 1230. The second-order valence-electron chi connectivity index (χ2n) is 6.91. The number of para-hydroxylation sites is 1. The first-order valence-corrected chi connectivity index (χ1v) is 9.81. The SMILES string of the molecule is Cc1cccc(NC(=O)c2oc3ccccc3c2NCC(=O)c2ccc(Cl)cc2)c1. The molecule has 0 atom stereocenters. The lowest BCUT2D eigenvalue weighted by molar-refractivity contribution is 0.0991. The van der Waals surface area contributed by atoms with E-state index in [1.807, 2.05) is 49.4 Å². The lowest BCUT2D eigenvalue weighted by atomic mass is 10.1. The van der Waals surface area contributed by atoms with Crippen LogP contribution in [0.4, 0.5) is 11.4 Å². The molecule has 0 unspecified atom stereocenters. The molecule has 0 aliphatic rings. The summed E-state index contributed by atoms with van der Waals surface area (Å²) in [5, 5.41) is 7.24. The number of carbonyl (C=O) groups excluding carboxylic acids is 2. The highest BCUT2D eigenvalue weighted by atomic mass is 35.5. The van der Waals surface area contributed by atoms with E-state index >= 15 is 0 Å². The van der Waals surface area contributed by atoms with Gasteiger partial charge in [-0.1, -0.05) is 35.9 Å². The van der Waals surface area contributed by atoms with Crippen LogP contribution < -0.4 is 10.6 Å². The fraction of sp³-hybridized carbons (Fsp3) is 0.0833. The lowest BCUT2D eigenvalue weighted by Crippen LogP contribution is -2.17. The van der Waals surface area contributed by atoms with Crippen molar-refractivity contribution in [1.29, 1.82) is 0 Å². The molecule has 4 rings (SSSR count). The smallest absolute Gasteiger partial charge is 0.293 e. The number of furan rings is 1. The molecular formula is C24H19ClN2O3. The largest absolute Gasteiger partial charge is 0.449 e. The Hall–Kier alpha value is -3.57. The number of hydrogen-bond donors (Lipinski definition) is 2. The molecule has 6 heteroatoms. The van der Waals surface area contributed by atoms with E-state index < -0.39 is 5.91 Å². The second kappa shape index (κ2) is 8.43. The maximum atomic E-state index is 12.9. The molecule has 0 saturated carbocycles. The predicted octanol–water partition coefficient (Wildman–Crippen LogP) is 5.94. The van der Waals surface area contributed by atoms with Crippen molar-refractivity contribution < 1.29 is 14.0 Å². The van der Waals surface area contributed by atoms with Crippen molar-refractivity contribution in [2.75, 3.05) is 17.2 Å². The minimum absolute atomic E-state index is 0.00981. The van der Waals surface area contributed by atoms with Crippen LogP contribution in [0.1, 0.15) is 26.5 Å². The van der Waals surface area contributed by atoms with E-state index in [2.05, 4.69) is 10.6 Å². The summed E-state index contributed by atoms with van der Waals surface area (Å²) in [6.45, 7) is 1.96. The molecule has 0 aliphatic heterocycles. The summed E-state index contributed by atoms with van der Waals surface area (Å²) < 4.78 is 5.81. The van der Waals surface area contributed by atoms with E-state index in [9.17, 15) is 9.59 Å². The zero-order chi connectivity index (χ0) is 21.1. The van der Waals surface area contributed by atoms with Crippen LogP contribution in [0.15, 0.2) is 77.2 Å². The first kappa shape index (κ1) is 19.7. The molecule has 1 amide bonds. The van der Waals surface area contributed by atoms with Gasteiger partial charge >= 0.3 is 0 Å². The van der Waals surface area contributed by atoms with Crippen molar-refractivity contribution >= 4 is 45.6 Å². The Morgan fingerprint density at radius 2 is 1.73 bits per heavy atom. The zero-order valence-electron chi connectivity index (χ0n) is 16.2. The van der Waals surface area contributed by atoms with Crippen molar-refractivity contribution in [1.82, 2.24) is 0 Å². The van der Waals surface area contributed by atoms with Gasteiger partial charge in [0.2, 0.25) is 5.76 Å². The van der Waals surface area contributed by atoms with Crippen LogP contribution in [-0.2, 0) is 0 Å². The van der Waals surface area contributed by atoms with Crippen LogP contribution in [0.5, 0.6) is 0 Å². The Balaban J connectivity index is 1.60. The zero-order valence-corrected chi connectivity index (χ0v) is 17.0. The van der Waals surface area contributed by atoms with Crippen molar-refractivity contribution in [3.63, 3.8) is 0 Å². The fourth-order valence-corrected chi connectivity index (χ4v) is 3.32. The van der Waals surface area contributed by atoms with E-state index in [0.717, 1.165) is 10.9 Å². The van der Waals surface area contributed by atoms with Gasteiger partial charge < -0.3 is 15.1 Å². The Kier molecular flexibility index (Phi) is 5.55. The standard InChI is InChI=1S/C24H19ClN2O3/c1-15-5-4-6-18(13-15)27-24(29)23-22(19-7-2-3-8-21(19)30-23)26-14-20(28)16-9-11-17(25)12-10-16/h2-13,26H,14H2,1H3,(H,27,29). The molecule has 0 fully saturated rings. The molecule has 30 heavy (non-hydrogen) atoms. The molecular weight excluding hydrogens is 400 g/mol. The van der Waals surface area contributed by atoms with Crippen LogP contribution in [0.2, 0.25) is 5.02 Å². The van der Waals surface area contributed by atoms with E-state index in [0.29, 0.717) is 27.5 Å².